The molecule has 92 valence electrons. The molecule has 1 saturated carbocycles. The maximum absolute atomic E-state index is 2.45. The Labute approximate surface area is 103 Å². The first-order chi connectivity index (χ1) is 7.65. The quantitative estimate of drug-likeness (QED) is 0.452. The Hall–Kier alpha value is -0.0431. The fourth-order valence-corrected chi connectivity index (χ4v) is 7.71. The molecule has 0 nitrogen and oxygen atoms in total. The lowest BCUT2D eigenvalue weighted by atomic mass is 9.94. The van der Waals surface area contributed by atoms with Crippen LogP contribution < -0.4 is 0 Å². The maximum atomic E-state index is 2.45. The van der Waals surface area contributed by atoms with Gasteiger partial charge in [-0.2, -0.15) is 0 Å². The molecule has 0 saturated heterocycles. The van der Waals surface area contributed by atoms with E-state index >= 15 is 0 Å². The standard InChI is InChI=1S/C15H28Si/c1-5-16(6-2,7-3)11-15-12(4)13-8-9-14(15)10-13/h13-14H,5-11H2,1-4H3. The summed E-state index contributed by atoms with van der Waals surface area (Å²) in [6.45, 7) is 9.78. The molecule has 0 heterocycles. The smallest absolute Gasteiger partial charge is 0.0568 e. The van der Waals surface area contributed by atoms with Crippen molar-refractivity contribution in [2.75, 3.05) is 0 Å². The lowest BCUT2D eigenvalue weighted by molar-refractivity contribution is 0.645. The Morgan fingerprint density at radius 2 is 1.56 bits per heavy atom. The lowest BCUT2D eigenvalue weighted by Crippen LogP contribution is -2.32. The van der Waals surface area contributed by atoms with Crippen LogP contribution in [0.5, 0.6) is 0 Å². The minimum absolute atomic E-state index is 0.920. The molecular formula is C15H28Si. The Bertz CT molecular complexity index is 278. The highest BCUT2D eigenvalue weighted by molar-refractivity contribution is 6.80. The molecule has 0 aliphatic heterocycles. The van der Waals surface area contributed by atoms with Crippen molar-refractivity contribution >= 4 is 8.07 Å². The summed E-state index contributed by atoms with van der Waals surface area (Å²) in [4.78, 5) is 0. The summed E-state index contributed by atoms with van der Waals surface area (Å²) in [5, 5.41) is 0. The molecule has 1 fully saturated rings. The van der Waals surface area contributed by atoms with Gasteiger partial charge in [0.15, 0.2) is 0 Å². The molecular weight excluding hydrogens is 208 g/mol. The minimum atomic E-state index is -0.920. The Morgan fingerprint density at radius 1 is 1.00 bits per heavy atom. The van der Waals surface area contributed by atoms with Gasteiger partial charge in [0.2, 0.25) is 0 Å². The summed E-state index contributed by atoms with van der Waals surface area (Å²) in [5.41, 5.74) is 3.76. The number of fused-ring (bicyclic) bond motifs is 2. The van der Waals surface area contributed by atoms with Crippen LogP contribution >= 0.6 is 0 Å². The van der Waals surface area contributed by atoms with Crippen LogP contribution in [0, 0.1) is 11.8 Å². The van der Waals surface area contributed by atoms with Crippen molar-refractivity contribution in [2.24, 2.45) is 11.8 Å². The third kappa shape index (κ3) is 1.92. The molecule has 16 heavy (non-hydrogen) atoms. The summed E-state index contributed by atoms with van der Waals surface area (Å²) in [7, 11) is -0.920. The number of rotatable bonds is 5. The summed E-state index contributed by atoms with van der Waals surface area (Å²) in [6.07, 6.45) is 4.53. The Balaban J connectivity index is 2.15. The topological polar surface area (TPSA) is 0 Å². The molecule has 2 bridgehead atoms. The van der Waals surface area contributed by atoms with Crippen LogP contribution in [-0.4, -0.2) is 8.07 Å². The van der Waals surface area contributed by atoms with Crippen LogP contribution in [0.3, 0.4) is 0 Å². The van der Waals surface area contributed by atoms with Crippen molar-refractivity contribution in [3.8, 4) is 0 Å². The molecule has 0 aromatic rings. The fourth-order valence-electron chi connectivity index (χ4n) is 4.09. The van der Waals surface area contributed by atoms with Gasteiger partial charge in [-0.1, -0.05) is 50.0 Å². The van der Waals surface area contributed by atoms with Gasteiger partial charge in [0.25, 0.3) is 0 Å². The van der Waals surface area contributed by atoms with E-state index in [1.54, 1.807) is 6.04 Å². The molecule has 2 atom stereocenters. The average Bonchev–Trinajstić information content (AvgIpc) is 2.89. The van der Waals surface area contributed by atoms with Gasteiger partial charge in [-0.15, -0.1) is 0 Å². The van der Waals surface area contributed by atoms with E-state index < -0.39 is 8.07 Å². The maximum Gasteiger partial charge on any atom is 0.0568 e. The average molecular weight is 236 g/mol. The van der Waals surface area contributed by atoms with Gasteiger partial charge in [-0.3, -0.25) is 0 Å². The van der Waals surface area contributed by atoms with Gasteiger partial charge in [0.05, 0.1) is 8.07 Å². The van der Waals surface area contributed by atoms with Crippen molar-refractivity contribution in [3.63, 3.8) is 0 Å². The van der Waals surface area contributed by atoms with Crippen molar-refractivity contribution in [1.29, 1.82) is 0 Å². The van der Waals surface area contributed by atoms with Gasteiger partial charge in [0.1, 0.15) is 0 Å². The van der Waals surface area contributed by atoms with E-state index in [0.29, 0.717) is 0 Å². The van der Waals surface area contributed by atoms with E-state index in [-0.39, 0.29) is 0 Å². The largest absolute Gasteiger partial charge is 0.0710 e. The van der Waals surface area contributed by atoms with Crippen molar-refractivity contribution < 1.29 is 0 Å². The highest BCUT2D eigenvalue weighted by atomic mass is 28.3. The van der Waals surface area contributed by atoms with E-state index in [9.17, 15) is 0 Å². The number of hydrogen-bond acceptors (Lipinski definition) is 0. The van der Waals surface area contributed by atoms with Gasteiger partial charge in [0, 0.05) is 0 Å². The summed E-state index contributed by atoms with van der Waals surface area (Å²) < 4.78 is 0. The van der Waals surface area contributed by atoms with Crippen LogP contribution in [0.1, 0.15) is 47.0 Å². The van der Waals surface area contributed by atoms with E-state index in [1.165, 1.54) is 37.4 Å². The highest BCUT2D eigenvalue weighted by Crippen LogP contribution is 2.51. The Morgan fingerprint density at radius 3 is 2.00 bits per heavy atom. The van der Waals surface area contributed by atoms with Crippen molar-refractivity contribution in [3.05, 3.63) is 11.1 Å². The molecule has 0 radical (unpaired) electrons. The highest BCUT2D eigenvalue weighted by Gasteiger charge is 2.40. The third-order valence-electron chi connectivity index (χ3n) is 5.86. The normalized spacial score (nSPS) is 29.2. The molecule has 2 aliphatic rings. The molecule has 2 aliphatic carbocycles. The second-order valence-corrected chi connectivity index (χ2v) is 11.6. The van der Waals surface area contributed by atoms with E-state index in [2.05, 4.69) is 27.7 Å². The zero-order valence-corrected chi connectivity index (χ0v) is 12.6. The molecule has 0 aromatic carbocycles. The predicted molar refractivity (Wildman–Crippen MR) is 75.5 cm³/mol. The second-order valence-electron chi connectivity index (χ2n) is 6.15. The summed E-state index contributed by atoms with van der Waals surface area (Å²) in [5.74, 6) is 2.01. The predicted octanol–water partition coefficient (Wildman–Crippen LogP) is 5.24. The van der Waals surface area contributed by atoms with Gasteiger partial charge >= 0.3 is 0 Å². The van der Waals surface area contributed by atoms with Crippen LogP contribution in [-0.2, 0) is 0 Å². The van der Waals surface area contributed by atoms with Gasteiger partial charge in [-0.05, 0) is 44.1 Å². The fraction of sp³-hybridized carbons (Fsp3) is 0.867. The molecule has 0 amide bonds. The van der Waals surface area contributed by atoms with E-state index in [0.717, 1.165) is 11.8 Å². The molecule has 0 spiro atoms. The molecule has 2 rings (SSSR count). The first-order valence-corrected chi connectivity index (χ1v) is 10.2. The number of hydrogen-bond donors (Lipinski definition) is 0. The monoisotopic (exact) mass is 236 g/mol. The van der Waals surface area contributed by atoms with Crippen molar-refractivity contribution in [1.82, 2.24) is 0 Å². The van der Waals surface area contributed by atoms with Crippen LogP contribution in [0.2, 0.25) is 24.2 Å². The second kappa shape index (κ2) is 4.68. The Kier molecular flexibility index (Phi) is 3.63. The molecule has 1 heteroatoms. The molecule has 2 unspecified atom stereocenters. The van der Waals surface area contributed by atoms with Gasteiger partial charge < -0.3 is 0 Å². The number of allylic oxidation sites excluding steroid dienone is 2. The van der Waals surface area contributed by atoms with E-state index in [4.69, 9.17) is 0 Å². The minimum Gasteiger partial charge on any atom is -0.0710 e. The van der Waals surface area contributed by atoms with E-state index in [1.807, 2.05) is 11.1 Å². The summed E-state index contributed by atoms with van der Waals surface area (Å²) >= 11 is 0. The van der Waals surface area contributed by atoms with Crippen LogP contribution in [0.4, 0.5) is 0 Å². The first-order valence-electron chi connectivity index (χ1n) is 7.35. The third-order valence-corrected chi connectivity index (χ3v) is 11.5. The summed E-state index contributed by atoms with van der Waals surface area (Å²) in [6, 6.07) is 6.03. The van der Waals surface area contributed by atoms with Crippen molar-refractivity contribution in [2.45, 2.75) is 71.1 Å². The van der Waals surface area contributed by atoms with Gasteiger partial charge in [-0.25, -0.2) is 0 Å². The first kappa shape index (κ1) is 12.4. The van der Waals surface area contributed by atoms with Crippen LogP contribution in [0.15, 0.2) is 11.1 Å². The molecule has 0 aromatic heterocycles. The van der Waals surface area contributed by atoms with Crippen LogP contribution in [0.25, 0.3) is 0 Å². The lowest BCUT2D eigenvalue weighted by Gasteiger charge is -2.32. The zero-order valence-electron chi connectivity index (χ0n) is 11.6. The zero-order chi connectivity index (χ0) is 11.8. The molecule has 0 N–H and O–H groups in total. The SMILES string of the molecule is CC[Si](CC)(CC)CC1=C(C)C2CCC1C2.